The average molecular weight is 464 g/mol. The van der Waals surface area contributed by atoms with Gasteiger partial charge in [0.2, 0.25) is 0 Å². The third-order valence-electron chi connectivity index (χ3n) is 4.69. The zero-order valence-electron chi connectivity index (χ0n) is 16.5. The molecule has 0 aliphatic rings. The number of hydrogen-bond donors (Lipinski definition) is 0. The van der Waals surface area contributed by atoms with Crippen molar-refractivity contribution < 1.29 is 26.3 Å². The Bertz CT molecular complexity index is 1460. The molecule has 164 valence electrons. The first-order valence-electron chi connectivity index (χ1n) is 8.94. The first-order valence-corrected chi connectivity index (χ1v) is 8.94. The van der Waals surface area contributed by atoms with Gasteiger partial charge in [-0.25, -0.2) is 46.6 Å². The second-order valence-electron chi connectivity index (χ2n) is 6.60. The Labute approximate surface area is 187 Å². The third-order valence-corrected chi connectivity index (χ3v) is 4.69. The molecule has 0 fully saturated rings. The molecule has 0 aliphatic carbocycles. The Morgan fingerprint density at radius 1 is 0.588 bits per heavy atom. The Hall–Kier alpha value is -5.06. The minimum atomic E-state index is -1.78. The lowest BCUT2D eigenvalue weighted by molar-refractivity contribution is 0.447. The molecule has 4 nitrogen and oxygen atoms in total. The van der Waals surface area contributed by atoms with Gasteiger partial charge in [-0.2, -0.15) is 0 Å². The fraction of sp³-hybridized carbons (Fsp3) is 0. The van der Waals surface area contributed by atoms with E-state index in [0.717, 1.165) is 12.1 Å². The molecule has 0 amide bonds. The van der Waals surface area contributed by atoms with Crippen molar-refractivity contribution in [3.8, 4) is 34.4 Å². The standard InChI is InChI=1S/C24H6F6N4/c1-33-21(9-31)15-7-14(12-5-19(27)24(30)20(28)6-12)16(22(10-32)34-2)8-13(15)11-3-17(25)23(29)18(26)4-11/h3-8H/b21-15-,22-16+. The minimum Gasteiger partial charge on any atom is -0.226 e. The van der Waals surface area contributed by atoms with E-state index in [0.29, 0.717) is 24.3 Å². The van der Waals surface area contributed by atoms with E-state index in [1.807, 2.05) is 0 Å². The summed E-state index contributed by atoms with van der Waals surface area (Å²) < 4.78 is 82.6. The van der Waals surface area contributed by atoms with Crippen LogP contribution in [0.2, 0.25) is 0 Å². The Morgan fingerprint density at radius 3 is 1.12 bits per heavy atom. The molecule has 0 aliphatic heterocycles. The van der Waals surface area contributed by atoms with Crippen LogP contribution >= 0.6 is 0 Å². The van der Waals surface area contributed by atoms with E-state index < -0.39 is 46.3 Å². The van der Waals surface area contributed by atoms with Gasteiger partial charge < -0.3 is 0 Å². The molecule has 10 heteroatoms. The van der Waals surface area contributed by atoms with E-state index in [-0.39, 0.29) is 32.7 Å². The molecule has 34 heavy (non-hydrogen) atoms. The number of halogens is 6. The summed E-state index contributed by atoms with van der Waals surface area (Å²) in [6.45, 7) is 14.5. The monoisotopic (exact) mass is 464 g/mol. The van der Waals surface area contributed by atoms with Crippen molar-refractivity contribution >= 4 is 11.4 Å². The number of nitriles is 2. The predicted molar refractivity (Wildman–Crippen MR) is 108 cm³/mol. The lowest BCUT2D eigenvalue weighted by Crippen LogP contribution is -2.19. The quantitative estimate of drug-likeness (QED) is 0.306. The summed E-state index contributed by atoms with van der Waals surface area (Å²) in [6.07, 6.45) is 0. The molecule has 3 aromatic carbocycles. The molecule has 0 atom stereocenters. The van der Waals surface area contributed by atoms with Crippen molar-refractivity contribution in [1.29, 1.82) is 10.5 Å². The molecular weight excluding hydrogens is 458 g/mol. The molecule has 0 bridgehead atoms. The summed E-state index contributed by atoms with van der Waals surface area (Å²) in [5, 5.41) is 18.2. The largest absolute Gasteiger partial charge is 0.269 e. The van der Waals surface area contributed by atoms with Gasteiger partial charge in [0.15, 0.2) is 34.9 Å². The highest BCUT2D eigenvalue weighted by molar-refractivity contribution is 5.82. The Balaban J connectivity index is 2.65. The molecule has 0 radical (unpaired) electrons. The van der Waals surface area contributed by atoms with Crippen LogP contribution < -0.4 is 10.4 Å². The smallest absolute Gasteiger partial charge is 0.226 e. The van der Waals surface area contributed by atoms with Crippen LogP contribution in [0.15, 0.2) is 36.4 Å². The molecule has 0 unspecified atom stereocenters. The second-order valence-corrected chi connectivity index (χ2v) is 6.60. The highest BCUT2D eigenvalue weighted by Gasteiger charge is 2.18. The van der Waals surface area contributed by atoms with Crippen LogP contribution in [0.25, 0.3) is 43.3 Å². The van der Waals surface area contributed by atoms with Crippen molar-refractivity contribution in [2.45, 2.75) is 0 Å². The molecule has 0 saturated heterocycles. The summed E-state index contributed by atoms with van der Waals surface area (Å²) in [4.78, 5) is 6.06. The first-order chi connectivity index (χ1) is 16.2. The summed E-state index contributed by atoms with van der Waals surface area (Å²) in [7, 11) is 0. The summed E-state index contributed by atoms with van der Waals surface area (Å²) in [5.41, 5.74) is -2.45. The van der Waals surface area contributed by atoms with Crippen molar-refractivity contribution in [2.75, 3.05) is 0 Å². The van der Waals surface area contributed by atoms with Gasteiger partial charge in [-0.1, -0.05) is 12.1 Å². The van der Waals surface area contributed by atoms with E-state index in [1.54, 1.807) is 12.1 Å². The maximum Gasteiger partial charge on any atom is 0.269 e. The van der Waals surface area contributed by atoms with Crippen LogP contribution in [0.3, 0.4) is 0 Å². The zero-order chi connectivity index (χ0) is 25.2. The van der Waals surface area contributed by atoms with Crippen LogP contribution in [0.4, 0.5) is 26.3 Å². The van der Waals surface area contributed by atoms with Gasteiger partial charge in [0.1, 0.15) is 0 Å². The van der Waals surface area contributed by atoms with Gasteiger partial charge in [0, 0.05) is 0 Å². The van der Waals surface area contributed by atoms with Crippen LogP contribution in [-0.4, -0.2) is 0 Å². The van der Waals surface area contributed by atoms with Gasteiger partial charge in [-0.05, 0) is 57.0 Å². The fourth-order valence-electron chi connectivity index (χ4n) is 3.18. The van der Waals surface area contributed by atoms with E-state index in [2.05, 4.69) is 9.69 Å². The normalized spacial score (nSPS) is 12.1. The zero-order valence-corrected chi connectivity index (χ0v) is 16.5. The van der Waals surface area contributed by atoms with Crippen molar-refractivity contribution in [3.05, 3.63) is 105 Å². The van der Waals surface area contributed by atoms with Gasteiger partial charge in [0.05, 0.1) is 25.3 Å². The second kappa shape index (κ2) is 9.20. The average Bonchev–Trinajstić information content (AvgIpc) is 2.82. The minimum absolute atomic E-state index is 0.247. The van der Waals surface area contributed by atoms with Gasteiger partial charge in [-0.15, -0.1) is 0 Å². The maximum atomic E-state index is 13.9. The van der Waals surface area contributed by atoms with Crippen LogP contribution in [-0.2, 0) is 0 Å². The van der Waals surface area contributed by atoms with Crippen molar-refractivity contribution in [2.24, 2.45) is 0 Å². The highest BCUT2D eigenvalue weighted by Crippen LogP contribution is 2.25. The number of nitrogens with zero attached hydrogens (tertiary/aromatic N) is 4. The fourth-order valence-corrected chi connectivity index (χ4v) is 3.18. The maximum absolute atomic E-state index is 13.9. The van der Waals surface area contributed by atoms with Crippen molar-refractivity contribution in [3.63, 3.8) is 0 Å². The van der Waals surface area contributed by atoms with Crippen molar-refractivity contribution in [1.82, 2.24) is 0 Å². The molecule has 0 saturated carbocycles. The number of hydrogen-bond acceptors (Lipinski definition) is 2. The van der Waals surface area contributed by atoms with E-state index in [4.69, 9.17) is 13.1 Å². The molecular formula is C24H6F6N4. The molecule has 0 heterocycles. The van der Waals surface area contributed by atoms with Crippen LogP contribution in [0.1, 0.15) is 0 Å². The molecule has 0 N–H and O–H groups in total. The SMILES string of the molecule is [C-]#[N+]/C(C#N)=c1/cc(-c2cc(F)c(F)c(F)c2)/c(=C(\C#N)[N+]#[C-])cc1-c1cc(F)c(F)c(F)c1. The lowest BCUT2D eigenvalue weighted by atomic mass is 9.94. The van der Waals surface area contributed by atoms with Crippen LogP contribution in [0.5, 0.6) is 0 Å². The summed E-state index contributed by atoms with van der Waals surface area (Å²) in [6, 6.07) is 7.40. The Kier molecular flexibility index (Phi) is 6.39. The van der Waals surface area contributed by atoms with E-state index in [1.165, 1.54) is 0 Å². The van der Waals surface area contributed by atoms with E-state index >= 15 is 0 Å². The predicted octanol–water partition coefficient (Wildman–Crippen LogP) is 4.96. The summed E-state index contributed by atoms with van der Waals surface area (Å²) in [5.74, 6) is -9.93. The topological polar surface area (TPSA) is 56.3 Å². The molecule has 3 aromatic rings. The van der Waals surface area contributed by atoms with Crippen LogP contribution in [0, 0.1) is 70.7 Å². The van der Waals surface area contributed by atoms with Gasteiger partial charge in [0.25, 0.3) is 11.4 Å². The molecule has 0 aromatic heterocycles. The van der Waals surface area contributed by atoms with Gasteiger partial charge >= 0.3 is 0 Å². The first kappa shape index (κ1) is 23.6. The van der Waals surface area contributed by atoms with Gasteiger partial charge in [-0.3, -0.25) is 0 Å². The lowest BCUT2D eigenvalue weighted by Gasteiger charge is -2.11. The third kappa shape index (κ3) is 4.05. The van der Waals surface area contributed by atoms with E-state index in [9.17, 15) is 36.9 Å². The number of benzene rings is 3. The molecule has 0 spiro atoms. The molecule has 3 rings (SSSR count). The number of rotatable bonds is 2. The highest BCUT2D eigenvalue weighted by atomic mass is 19.2. The summed E-state index contributed by atoms with van der Waals surface area (Å²) >= 11 is 0. The Morgan fingerprint density at radius 2 is 0.882 bits per heavy atom.